The van der Waals surface area contributed by atoms with Gasteiger partial charge in [0.25, 0.3) is 0 Å². The van der Waals surface area contributed by atoms with E-state index in [2.05, 4.69) is 6.07 Å². The summed E-state index contributed by atoms with van der Waals surface area (Å²) in [6.45, 7) is 0. The van der Waals surface area contributed by atoms with E-state index in [9.17, 15) is 0 Å². The highest BCUT2D eigenvalue weighted by Gasteiger charge is 2.03. The lowest BCUT2D eigenvalue weighted by Gasteiger charge is -2.05. The molecule has 0 bridgehead atoms. The molecular formula is C14H10ClNO. The standard InChI is InChI=1S/C14H10ClNO/c1-17-14-4-2-3-11(8-14)12-5-10(9-16)6-13(15)7-12/h2-8H,1H3. The van der Waals surface area contributed by atoms with Crippen molar-refractivity contribution >= 4 is 11.6 Å². The lowest BCUT2D eigenvalue weighted by atomic mass is 10.0. The van der Waals surface area contributed by atoms with E-state index < -0.39 is 0 Å². The average molecular weight is 244 g/mol. The quantitative estimate of drug-likeness (QED) is 0.802. The molecule has 2 rings (SSSR count). The number of halogens is 1. The molecule has 0 amide bonds. The Balaban J connectivity index is 2.52. The largest absolute Gasteiger partial charge is 0.497 e. The van der Waals surface area contributed by atoms with Crippen molar-refractivity contribution in [1.82, 2.24) is 0 Å². The topological polar surface area (TPSA) is 33.0 Å². The normalized spacial score (nSPS) is 9.71. The van der Waals surface area contributed by atoms with Gasteiger partial charge in [-0.3, -0.25) is 0 Å². The van der Waals surface area contributed by atoms with Gasteiger partial charge in [-0.15, -0.1) is 0 Å². The van der Waals surface area contributed by atoms with Crippen molar-refractivity contribution in [2.75, 3.05) is 7.11 Å². The second-order valence-corrected chi connectivity index (χ2v) is 4.01. The number of ether oxygens (including phenoxy) is 1. The Kier molecular flexibility index (Phi) is 3.32. The summed E-state index contributed by atoms with van der Waals surface area (Å²) >= 11 is 5.97. The number of nitrogens with zero attached hydrogens (tertiary/aromatic N) is 1. The molecule has 0 atom stereocenters. The van der Waals surface area contributed by atoms with E-state index in [0.29, 0.717) is 10.6 Å². The number of hydrogen-bond donors (Lipinski definition) is 0. The van der Waals surface area contributed by atoms with E-state index in [1.807, 2.05) is 30.3 Å². The highest BCUT2D eigenvalue weighted by molar-refractivity contribution is 6.31. The van der Waals surface area contributed by atoms with Crippen LogP contribution in [0.15, 0.2) is 42.5 Å². The first-order chi connectivity index (χ1) is 8.22. The maximum Gasteiger partial charge on any atom is 0.119 e. The molecule has 0 saturated carbocycles. The van der Waals surface area contributed by atoms with Crippen molar-refractivity contribution in [1.29, 1.82) is 5.26 Å². The van der Waals surface area contributed by atoms with Crippen LogP contribution in [-0.4, -0.2) is 7.11 Å². The molecule has 0 unspecified atom stereocenters. The summed E-state index contributed by atoms with van der Waals surface area (Å²) < 4.78 is 5.17. The van der Waals surface area contributed by atoms with Crippen LogP contribution in [0.3, 0.4) is 0 Å². The van der Waals surface area contributed by atoms with Crippen molar-refractivity contribution < 1.29 is 4.74 Å². The van der Waals surface area contributed by atoms with E-state index in [-0.39, 0.29) is 0 Å². The first-order valence-electron chi connectivity index (χ1n) is 5.08. The summed E-state index contributed by atoms with van der Waals surface area (Å²) in [6, 6.07) is 15.0. The van der Waals surface area contributed by atoms with Gasteiger partial charge in [0.2, 0.25) is 0 Å². The van der Waals surface area contributed by atoms with Gasteiger partial charge in [-0.2, -0.15) is 5.26 Å². The third kappa shape index (κ3) is 2.58. The summed E-state index contributed by atoms with van der Waals surface area (Å²) in [5.41, 5.74) is 2.44. The predicted molar refractivity (Wildman–Crippen MR) is 68.2 cm³/mol. The van der Waals surface area contributed by atoms with Crippen LogP contribution in [0, 0.1) is 11.3 Å². The van der Waals surface area contributed by atoms with Crippen LogP contribution in [0.25, 0.3) is 11.1 Å². The Labute approximate surface area is 105 Å². The van der Waals surface area contributed by atoms with Gasteiger partial charge in [0.1, 0.15) is 5.75 Å². The number of rotatable bonds is 2. The third-order valence-electron chi connectivity index (χ3n) is 2.43. The highest BCUT2D eigenvalue weighted by atomic mass is 35.5. The van der Waals surface area contributed by atoms with Gasteiger partial charge < -0.3 is 4.74 Å². The molecule has 3 heteroatoms. The second kappa shape index (κ2) is 4.90. The molecule has 0 radical (unpaired) electrons. The zero-order valence-corrected chi connectivity index (χ0v) is 10.0. The summed E-state index contributed by atoms with van der Waals surface area (Å²) in [6.07, 6.45) is 0. The minimum atomic E-state index is 0.551. The van der Waals surface area contributed by atoms with Crippen molar-refractivity contribution in [2.24, 2.45) is 0 Å². The van der Waals surface area contributed by atoms with E-state index in [1.165, 1.54) is 0 Å². The molecule has 0 heterocycles. The molecule has 0 aliphatic rings. The Morgan fingerprint density at radius 1 is 1.12 bits per heavy atom. The molecule has 84 valence electrons. The Morgan fingerprint density at radius 3 is 2.65 bits per heavy atom. The summed E-state index contributed by atoms with van der Waals surface area (Å²) in [4.78, 5) is 0. The predicted octanol–water partition coefficient (Wildman–Crippen LogP) is 3.89. The molecule has 0 spiro atoms. The van der Waals surface area contributed by atoms with Crippen LogP contribution in [0.5, 0.6) is 5.75 Å². The molecular weight excluding hydrogens is 234 g/mol. The lowest BCUT2D eigenvalue weighted by Crippen LogP contribution is -1.85. The van der Waals surface area contributed by atoms with Crippen LogP contribution in [0.1, 0.15) is 5.56 Å². The van der Waals surface area contributed by atoms with Crippen molar-refractivity contribution in [2.45, 2.75) is 0 Å². The molecule has 0 N–H and O–H groups in total. The number of methoxy groups -OCH3 is 1. The molecule has 0 aliphatic carbocycles. The van der Waals surface area contributed by atoms with Crippen molar-refractivity contribution in [3.63, 3.8) is 0 Å². The molecule has 17 heavy (non-hydrogen) atoms. The van der Waals surface area contributed by atoms with Crippen LogP contribution in [0.4, 0.5) is 0 Å². The van der Waals surface area contributed by atoms with Gasteiger partial charge in [0.15, 0.2) is 0 Å². The molecule has 2 nitrogen and oxygen atoms in total. The summed E-state index contributed by atoms with van der Waals surface area (Å²) in [5.74, 6) is 0.779. The smallest absolute Gasteiger partial charge is 0.119 e. The van der Waals surface area contributed by atoms with Gasteiger partial charge in [-0.1, -0.05) is 23.7 Å². The van der Waals surface area contributed by atoms with Gasteiger partial charge in [0.05, 0.1) is 18.7 Å². The first-order valence-corrected chi connectivity index (χ1v) is 5.46. The first kappa shape index (κ1) is 11.5. The van der Waals surface area contributed by atoms with Crippen LogP contribution >= 0.6 is 11.6 Å². The molecule has 2 aromatic carbocycles. The third-order valence-corrected chi connectivity index (χ3v) is 2.65. The SMILES string of the molecule is COc1cccc(-c2cc(Cl)cc(C#N)c2)c1. The molecule has 2 aromatic rings. The van der Waals surface area contributed by atoms with Crippen LogP contribution in [-0.2, 0) is 0 Å². The zero-order valence-electron chi connectivity index (χ0n) is 9.27. The molecule has 0 aliphatic heterocycles. The fraction of sp³-hybridized carbons (Fsp3) is 0.0714. The lowest BCUT2D eigenvalue weighted by molar-refractivity contribution is 0.415. The fourth-order valence-electron chi connectivity index (χ4n) is 1.62. The Morgan fingerprint density at radius 2 is 1.94 bits per heavy atom. The van der Waals surface area contributed by atoms with Gasteiger partial charge >= 0.3 is 0 Å². The van der Waals surface area contributed by atoms with Gasteiger partial charge in [0, 0.05) is 5.02 Å². The zero-order chi connectivity index (χ0) is 12.3. The fourth-order valence-corrected chi connectivity index (χ4v) is 1.86. The minimum Gasteiger partial charge on any atom is -0.497 e. The van der Waals surface area contributed by atoms with E-state index in [4.69, 9.17) is 21.6 Å². The monoisotopic (exact) mass is 243 g/mol. The van der Waals surface area contributed by atoms with E-state index in [0.717, 1.165) is 16.9 Å². The van der Waals surface area contributed by atoms with Crippen LogP contribution < -0.4 is 4.74 Å². The number of benzene rings is 2. The van der Waals surface area contributed by atoms with E-state index in [1.54, 1.807) is 19.2 Å². The maximum atomic E-state index is 8.90. The Bertz CT molecular complexity index is 587. The summed E-state index contributed by atoms with van der Waals surface area (Å²) in [5, 5.41) is 9.46. The average Bonchev–Trinajstić information content (AvgIpc) is 2.38. The number of hydrogen-bond acceptors (Lipinski definition) is 2. The Hall–Kier alpha value is -1.98. The highest BCUT2D eigenvalue weighted by Crippen LogP contribution is 2.27. The van der Waals surface area contributed by atoms with Crippen molar-refractivity contribution in [3.8, 4) is 22.9 Å². The molecule has 0 saturated heterocycles. The summed E-state index contributed by atoms with van der Waals surface area (Å²) in [7, 11) is 1.62. The number of nitriles is 1. The van der Waals surface area contributed by atoms with Gasteiger partial charge in [-0.25, -0.2) is 0 Å². The minimum absolute atomic E-state index is 0.551. The molecule has 0 fully saturated rings. The van der Waals surface area contributed by atoms with Crippen LogP contribution in [0.2, 0.25) is 5.02 Å². The van der Waals surface area contributed by atoms with Gasteiger partial charge in [-0.05, 0) is 41.5 Å². The van der Waals surface area contributed by atoms with Crippen molar-refractivity contribution in [3.05, 3.63) is 53.1 Å². The van der Waals surface area contributed by atoms with E-state index >= 15 is 0 Å². The molecule has 0 aromatic heterocycles. The second-order valence-electron chi connectivity index (χ2n) is 3.57. The maximum absolute atomic E-state index is 8.90.